The van der Waals surface area contributed by atoms with Crippen molar-refractivity contribution in [2.24, 2.45) is 0 Å². The van der Waals surface area contributed by atoms with Crippen molar-refractivity contribution in [3.8, 4) is 5.75 Å². The number of unbranched alkanes of at least 4 members (excludes halogenated alkanes) is 1. The Labute approximate surface area is 186 Å². The highest BCUT2D eigenvalue weighted by molar-refractivity contribution is 5.99. The molecule has 0 radical (unpaired) electrons. The number of aliphatic hydroxyl groups excluding tert-OH is 1. The molecule has 8 heteroatoms. The lowest BCUT2D eigenvalue weighted by atomic mass is 9.86. The van der Waals surface area contributed by atoms with Crippen LogP contribution >= 0.6 is 0 Å². The molecule has 1 aliphatic heterocycles. The van der Waals surface area contributed by atoms with Crippen molar-refractivity contribution in [3.63, 3.8) is 0 Å². The normalized spacial score (nSPS) is 19.1. The number of methoxy groups -OCH3 is 1. The van der Waals surface area contributed by atoms with Crippen LogP contribution in [0.4, 0.5) is 18.9 Å². The van der Waals surface area contributed by atoms with Gasteiger partial charge in [-0.2, -0.15) is 13.2 Å². The molecule has 2 aromatic carbocycles. The van der Waals surface area contributed by atoms with E-state index in [0.717, 1.165) is 19.0 Å². The summed E-state index contributed by atoms with van der Waals surface area (Å²) >= 11 is 0. The van der Waals surface area contributed by atoms with Crippen LogP contribution in [0.25, 0.3) is 0 Å². The molecule has 174 valence electrons. The van der Waals surface area contributed by atoms with Crippen LogP contribution in [0.1, 0.15) is 35.4 Å². The number of halogens is 3. The molecule has 0 saturated heterocycles. The highest BCUT2D eigenvalue weighted by Crippen LogP contribution is 2.42. The summed E-state index contributed by atoms with van der Waals surface area (Å²) in [4.78, 5) is 16.6. The van der Waals surface area contributed by atoms with E-state index in [1.807, 2.05) is 19.0 Å². The summed E-state index contributed by atoms with van der Waals surface area (Å²) in [6, 6.07) is 10.6. The van der Waals surface area contributed by atoms with Crippen LogP contribution in [0.5, 0.6) is 5.75 Å². The molecule has 1 amide bonds. The number of hydrogen-bond donors (Lipinski definition) is 1. The van der Waals surface area contributed by atoms with Crippen molar-refractivity contribution in [1.82, 2.24) is 4.90 Å². The summed E-state index contributed by atoms with van der Waals surface area (Å²) in [5.74, 6) is -0.793. The molecular weight excluding hydrogens is 421 g/mol. The van der Waals surface area contributed by atoms with E-state index in [1.165, 1.54) is 24.1 Å². The van der Waals surface area contributed by atoms with Gasteiger partial charge in [0.25, 0.3) is 5.91 Å². The Hall–Kier alpha value is -2.58. The molecule has 0 saturated carbocycles. The van der Waals surface area contributed by atoms with Gasteiger partial charge in [-0.15, -0.1) is 0 Å². The second-order valence-electron chi connectivity index (χ2n) is 8.33. The van der Waals surface area contributed by atoms with Crippen molar-refractivity contribution < 1.29 is 27.8 Å². The first kappa shape index (κ1) is 24.1. The maximum Gasteiger partial charge on any atom is 0.416 e. The molecule has 0 aliphatic carbocycles. The summed E-state index contributed by atoms with van der Waals surface area (Å²) in [5.41, 5.74) is 0.0841. The molecule has 0 spiro atoms. The number of nitrogens with zero attached hydrogens (tertiary/aromatic N) is 2. The topological polar surface area (TPSA) is 53.0 Å². The number of fused-ring (bicyclic) bond motifs is 1. The van der Waals surface area contributed by atoms with E-state index in [4.69, 9.17) is 4.74 Å². The van der Waals surface area contributed by atoms with E-state index in [1.54, 1.807) is 24.3 Å². The second kappa shape index (κ2) is 9.92. The average molecular weight is 451 g/mol. The summed E-state index contributed by atoms with van der Waals surface area (Å²) in [7, 11) is 5.38. The number of rotatable bonds is 7. The number of carbonyl (C=O) groups excluding carboxylic acids is 1. The Morgan fingerprint density at radius 1 is 1.12 bits per heavy atom. The van der Waals surface area contributed by atoms with E-state index in [0.29, 0.717) is 17.7 Å². The Bertz CT molecular complexity index is 929. The monoisotopic (exact) mass is 450 g/mol. The van der Waals surface area contributed by atoms with Gasteiger partial charge in [0.1, 0.15) is 11.9 Å². The van der Waals surface area contributed by atoms with Crippen molar-refractivity contribution in [1.29, 1.82) is 0 Å². The molecule has 0 aromatic heterocycles. The first-order valence-electron chi connectivity index (χ1n) is 10.6. The predicted molar refractivity (Wildman–Crippen MR) is 117 cm³/mol. The number of ether oxygens (including phenoxy) is 1. The van der Waals surface area contributed by atoms with Crippen LogP contribution < -0.4 is 9.64 Å². The summed E-state index contributed by atoms with van der Waals surface area (Å²) < 4.78 is 46.7. The summed E-state index contributed by atoms with van der Waals surface area (Å²) in [6.45, 7) is 1.04. The third-order valence-corrected chi connectivity index (χ3v) is 5.85. The van der Waals surface area contributed by atoms with Gasteiger partial charge in [0, 0.05) is 18.2 Å². The zero-order valence-corrected chi connectivity index (χ0v) is 18.5. The van der Waals surface area contributed by atoms with Crippen LogP contribution in [0.2, 0.25) is 0 Å². The highest BCUT2D eigenvalue weighted by atomic mass is 19.4. The maximum atomic E-state index is 13.9. The largest absolute Gasteiger partial charge is 0.497 e. The van der Waals surface area contributed by atoms with Gasteiger partial charge in [-0.25, -0.2) is 0 Å². The van der Waals surface area contributed by atoms with Crippen LogP contribution in [-0.4, -0.2) is 56.3 Å². The Kier molecular flexibility index (Phi) is 7.46. The molecule has 32 heavy (non-hydrogen) atoms. The van der Waals surface area contributed by atoms with Gasteiger partial charge in [-0.05, 0) is 75.3 Å². The van der Waals surface area contributed by atoms with E-state index in [9.17, 15) is 23.1 Å². The van der Waals surface area contributed by atoms with Gasteiger partial charge in [-0.3, -0.25) is 4.79 Å². The highest BCUT2D eigenvalue weighted by Gasteiger charge is 2.41. The zero-order valence-electron chi connectivity index (χ0n) is 18.5. The number of aliphatic hydroxyl groups is 1. The molecule has 2 aromatic rings. The lowest BCUT2D eigenvalue weighted by Gasteiger charge is -2.26. The van der Waals surface area contributed by atoms with E-state index in [-0.39, 0.29) is 24.2 Å². The van der Waals surface area contributed by atoms with Gasteiger partial charge < -0.3 is 19.6 Å². The zero-order chi connectivity index (χ0) is 23.5. The number of alkyl halides is 3. The minimum absolute atomic E-state index is 0.0401. The molecule has 1 N–H and O–H groups in total. The number of carbonyl (C=O) groups is 1. The summed E-state index contributed by atoms with van der Waals surface area (Å²) in [6.07, 6.45) is -4.73. The Morgan fingerprint density at radius 2 is 1.81 bits per heavy atom. The number of amides is 1. The third kappa shape index (κ3) is 5.24. The van der Waals surface area contributed by atoms with Gasteiger partial charge in [0.15, 0.2) is 0 Å². The Balaban J connectivity index is 2.03. The van der Waals surface area contributed by atoms with Crippen molar-refractivity contribution in [2.75, 3.05) is 39.2 Å². The second-order valence-corrected chi connectivity index (χ2v) is 8.33. The SMILES string of the molecule is COc1ccc([C@@H]2Cc3c(cccc3C(F)(F)F)N(CCCCN(C)C)C(=O)[C@@H]2O)cc1. The van der Waals surface area contributed by atoms with E-state index in [2.05, 4.69) is 0 Å². The minimum atomic E-state index is -4.56. The lowest BCUT2D eigenvalue weighted by Crippen LogP contribution is -2.41. The molecule has 0 fully saturated rings. The summed E-state index contributed by atoms with van der Waals surface area (Å²) in [5, 5.41) is 11.0. The minimum Gasteiger partial charge on any atom is -0.497 e. The first-order chi connectivity index (χ1) is 15.1. The van der Waals surface area contributed by atoms with E-state index >= 15 is 0 Å². The fraction of sp³-hybridized carbons (Fsp3) is 0.458. The smallest absolute Gasteiger partial charge is 0.416 e. The molecule has 0 bridgehead atoms. The number of hydrogen-bond acceptors (Lipinski definition) is 4. The number of benzene rings is 2. The molecule has 1 heterocycles. The standard InChI is InChI=1S/C24H29F3N2O3/c1-28(2)13-4-5-14-29-21-8-6-7-20(24(25,26)27)19(21)15-18(22(30)23(29)31)16-9-11-17(32-3)12-10-16/h6-12,18,22,30H,4-5,13-15H2,1-3H3/t18-,22+/m0/s1. The van der Waals surface area contributed by atoms with Crippen LogP contribution in [-0.2, 0) is 17.4 Å². The molecule has 5 nitrogen and oxygen atoms in total. The molecule has 2 atom stereocenters. The molecule has 0 unspecified atom stereocenters. The Morgan fingerprint density at radius 3 is 2.41 bits per heavy atom. The predicted octanol–water partition coefficient (Wildman–Crippen LogP) is 4.09. The van der Waals surface area contributed by atoms with Crippen LogP contribution in [0.15, 0.2) is 42.5 Å². The average Bonchev–Trinajstić information content (AvgIpc) is 2.85. The van der Waals surface area contributed by atoms with Gasteiger partial charge in [0.05, 0.1) is 12.7 Å². The van der Waals surface area contributed by atoms with Crippen LogP contribution in [0, 0.1) is 0 Å². The van der Waals surface area contributed by atoms with Crippen molar-refractivity contribution in [2.45, 2.75) is 37.5 Å². The first-order valence-corrected chi connectivity index (χ1v) is 10.6. The third-order valence-electron chi connectivity index (χ3n) is 5.85. The quantitative estimate of drug-likeness (QED) is 0.646. The lowest BCUT2D eigenvalue weighted by molar-refractivity contribution is -0.138. The molecule has 1 aliphatic rings. The number of anilines is 1. The van der Waals surface area contributed by atoms with Gasteiger partial charge in [0.2, 0.25) is 0 Å². The van der Waals surface area contributed by atoms with Gasteiger partial charge in [-0.1, -0.05) is 18.2 Å². The van der Waals surface area contributed by atoms with Crippen molar-refractivity contribution >= 4 is 11.6 Å². The van der Waals surface area contributed by atoms with E-state index < -0.39 is 29.7 Å². The maximum absolute atomic E-state index is 13.9. The van der Waals surface area contributed by atoms with Crippen LogP contribution in [0.3, 0.4) is 0 Å². The molecule has 3 rings (SSSR count). The fourth-order valence-corrected chi connectivity index (χ4v) is 4.17. The molecular formula is C24H29F3N2O3. The fourth-order valence-electron chi connectivity index (χ4n) is 4.17. The van der Waals surface area contributed by atoms with Crippen molar-refractivity contribution in [3.05, 3.63) is 59.2 Å². The van der Waals surface area contributed by atoms with Gasteiger partial charge >= 0.3 is 6.18 Å².